The molecule has 1 aromatic heterocycles. The molecule has 1 aliphatic heterocycles. The van der Waals surface area contributed by atoms with Crippen molar-refractivity contribution in [2.45, 2.75) is 12.8 Å². The molecule has 0 saturated carbocycles. The van der Waals surface area contributed by atoms with Crippen molar-refractivity contribution in [3.05, 3.63) is 36.2 Å². The normalized spacial score (nSPS) is 15.2. The van der Waals surface area contributed by atoms with Crippen molar-refractivity contribution in [2.75, 3.05) is 26.2 Å². The van der Waals surface area contributed by atoms with E-state index in [-0.39, 0.29) is 5.91 Å². The van der Waals surface area contributed by atoms with Crippen LogP contribution in [0.15, 0.2) is 30.6 Å². The van der Waals surface area contributed by atoms with E-state index in [9.17, 15) is 4.79 Å². The van der Waals surface area contributed by atoms with E-state index in [4.69, 9.17) is 0 Å². The molecular formula is C14H18N6O. The lowest BCUT2D eigenvalue weighted by molar-refractivity contribution is 0.0950. The summed E-state index contributed by atoms with van der Waals surface area (Å²) >= 11 is 0. The Bertz CT molecular complexity index is 574. The topological polar surface area (TPSA) is 75.9 Å². The average molecular weight is 286 g/mol. The van der Waals surface area contributed by atoms with E-state index in [1.54, 1.807) is 16.8 Å². The molecule has 7 nitrogen and oxygen atoms in total. The van der Waals surface area contributed by atoms with Gasteiger partial charge in [-0.05, 0) is 60.6 Å². The first-order valence-corrected chi connectivity index (χ1v) is 7.17. The summed E-state index contributed by atoms with van der Waals surface area (Å²) in [5.74, 6) is -0.0440. The summed E-state index contributed by atoms with van der Waals surface area (Å²) in [4.78, 5) is 14.4. The van der Waals surface area contributed by atoms with Gasteiger partial charge >= 0.3 is 0 Å². The second-order valence-electron chi connectivity index (χ2n) is 5.11. The fraction of sp³-hybridized carbons (Fsp3) is 0.429. The number of hydrogen-bond acceptors (Lipinski definition) is 5. The number of carbonyl (C=O) groups excluding carboxylic acids is 1. The van der Waals surface area contributed by atoms with Crippen molar-refractivity contribution in [1.29, 1.82) is 0 Å². The van der Waals surface area contributed by atoms with Gasteiger partial charge in [-0.15, -0.1) is 5.10 Å². The second kappa shape index (κ2) is 6.45. The summed E-state index contributed by atoms with van der Waals surface area (Å²) in [5, 5.41) is 13.9. The Kier molecular flexibility index (Phi) is 4.20. The Morgan fingerprint density at radius 3 is 2.62 bits per heavy atom. The van der Waals surface area contributed by atoms with Crippen molar-refractivity contribution < 1.29 is 4.79 Å². The van der Waals surface area contributed by atoms with E-state index in [0.29, 0.717) is 12.1 Å². The minimum Gasteiger partial charge on any atom is -0.351 e. The van der Waals surface area contributed by atoms with Crippen LogP contribution in [0.5, 0.6) is 0 Å². The molecule has 1 amide bonds. The van der Waals surface area contributed by atoms with Crippen molar-refractivity contribution in [1.82, 2.24) is 30.4 Å². The number of tetrazole rings is 1. The third-order valence-electron chi connectivity index (χ3n) is 3.66. The summed E-state index contributed by atoms with van der Waals surface area (Å²) in [5.41, 5.74) is 1.47. The molecule has 3 rings (SSSR count). The van der Waals surface area contributed by atoms with Gasteiger partial charge in [0.05, 0.1) is 5.69 Å². The van der Waals surface area contributed by atoms with E-state index < -0.39 is 0 Å². The minimum absolute atomic E-state index is 0.0440. The zero-order valence-electron chi connectivity index (χ0n) is 11.8. The maximum atomic E-state index is 12.0. The third-order valence-corrected chi connectivity index (χ3v) is 3.66. The number of rotatable bonds is 5. The van der Waals surface area contributed by atoms with Crippen molar-refractivity contribution in [2.24, 2.45) is 0 Å². The van der Waals surface area contributed by atoms with Crippen LogP contribution in [0.3, 0.4) is 0 Å². The molecule has 0 spiro atoms. The molecule has 1 N–H and O–H groups in total. The van der Waals surface area contributed by atoms with E-state index >= 15 is 0 Å². The number of benzene rings is 1. The highest BCUT2D eigenvalue weighted by Crippen LogP contribution is 2.08. The van der Waals surface area contributed by atoms with Crippen LogP contribution >= 0.6 is 0 Å². The Labute approximate surface area is 122 Å². The summed E-state index contributed by atoms with van der Waals surface area (Å²) in [7, 11) is 0. The first-order chi connectivity index (χ1) is 10.3. The highest BCUT2D eigenvalue weighted by Gasteiger charge is 2.11. The van der Waals surface area contributed by atoms with Gasteiger partial charge in [0.15, 0.2) is 0 Å². The van der Waals surface area contributed by atoms with Crippen LogP contribution in [0.25, 0.3) is 5.69 Å². The fourth-order valence-corrected chi connectivity index (χ4v) is 2.48. The molecule has 0 aliphatic carbocycles. The van der Waals surface area contributed by atoms with Gasteiger partial charge in [-0.3, -0.25) is 4.79 Å². The van der Waals surface area contributed by atoms with E-state index in [2.05, 4.69) is 25.7 Å². The standard InChI is InChI=1S/C14H18N6O/c21-14(15-7-10-19-8-1-2-9-19)12-3-5-13(6-4-12)20-11-16-17-18-20/h3-6,11H,1-2,7-10H2,(H,15,21). The molecule has 1 aromatic carbocycles. The third kappa shape index (κ3) is 3.43. The Balaban J connectivity index is 1.52. The molecule has 21 heavy (non-hydrogen) atoms. The molecule has 2 heterocycles. The minimum atomic E-state index is -0.0440. The maximum absolute atomic E-state index is 12.0. The zero-order chi connectivity index (χ0) is 14.5. The smallest absolute Gasteiger partial charge is 0.251 e. The molecule has 110 valence electrons. The number of hydrogen-bond donors (Lipinski definition) is 1. The summed E-state index contributed by atoms with van der Waals surface area (Å²) in [6.07, 6.45) is 4.06. The van der Waals surface area contributed by atoms with Gasteiger partial charge in [-0.2, -0.15) is 0 Å². The van der Waals surface area contributed by atoms with Crippen LogP contribution in [0.1, 0.15) is 23.2 Å². The molecule has 2 aromatic rings. The van der Waals surface area contributed by atoms with E-state index in [1.165, 1.54) is 19.2 Å². The van der Waals surface area contributed by atoms with Crippen LogP contribution in [-0.4, -0.2) is 57.2 Å². The molecule has 0 radical (unpaired) electrons. The molecule has 7 heteroatoms. The Morgan fingerprint density at radius 2 is 1.95 bits per heavy atom. The van der Waals surface area contributed by atoms with Gasteiger partial charge in [0.25, 0.3) is 5.91 Å². The average Bonchev–Trinajstić information content (AvgIpc) is 3.21. The van der Waals surface area contributed by atoms with Gasteiger partial charge < -0.3 is 10.2 Å². The van der Waals surface area contributed by atoms with Crippen LogP contribution in [0.2, 0.25) is 0 Å². The largest absolute Gasteiger partial charge is 0.351 e. The predicted molar refractivity (Wildman–Crippen MR) is 77.2 cm³/mol. The quantitative estimate of drug-likeness (QED) is 0.865. The van der Waals surface area contributed by atoms with Gasteiger partial charge in [0.1, 0.15) is 6.33 Å². The SMILES string of the molecule is O=C(NCCN1CCCC1)c1ccc(-n2cnnn2)cc1. The number of nitrogens with zero attached hydrogens (tertiary/aromatic N) is 5. The van der Waals surface area contributed by atoms with Crippen molar-refractivity contribution >= 4 is 5.91 Å². The van der Waals surface area contributed by atoms with Crippen LogP contribution in [0.4, 0.5) is 0 Å². The molecule has 0 bridgehead atoms. The first-order valence-electron chi connectivity index (χ1n) is 7.17. The van der Waals surface area contributed by atoms with Crippen molar-refractivity contribution in [3.8, 4) is 5.69 Å². The zero-order valence-corrected chi connectivity index (χ0v) is 11.8. The second-order valence-corrected chi connectivity index (χ2v) is 5.11. The maximum Gasteiger partial charge on any atom is 0.251 e. The predicted octanol–water partition coefficient (Wildman–Crippen LogP) is 0.488. The lowest BCUT2D eigenvalue weighted by atomic mass is 10.2. The van der Waals surface area contributed by atoms with Gasteiger partial charge in [0, 0.05) is 18.7 Å². The first kappa shape index (κ1) is 13.7. The van der Waals surface area contributed by atoms with E-state index in [0.717, 1.165) is 25.3 Å². The van der Waals surface area contributed by atoms with Gasteiger partial charge in [0.2, 0.25) is 0 Å². The summed E-state index contributed by atoms with van der Waals surface area (Å²) < 4.78 is 1.55. The summed E-state index contributed by atoms with van der Waals surface area (Å²) in [6.45, 7) is 3.91. The highest BCUT2D eigenvalue weighted by atomic mass is 16.1. The Hall–Kier alpha value is -2.28. The van der Waals surface area contributed by atoms with Crippen LogP contribution < -0.4 is 5.32 Å². The molecule has 0 atom stereocenters. The molecular weight excluding hydrogens is 268 g/mol. The van der Waals surface area contributed by atoms with Crippen molar-refractivity contribution in [3.63, 3.8) is 0 Å². The molecule has 1 aliphatic rings. The van der Waals surface area contributed by atoms with E-state index in [1.807, 2.05) is 12.1 Å². The van der Waals surface area contributed by atoms with Gasteiger partial charge in [-0.1, -0.05) is 0 Å². The molecule has 1 saturated heterocycles. The lowest BCUT2D eigenvalue weighted by Crippen LogP contribution is -2.33. The number of nitrogens with one attached hydrogen (secondary N) is 1. The number of carbonyl (C=O) groups is 1. The van der Waals surface area contributed by atoms with Crippen LogP contribution in [0, 0.1) is 0 Å². The fourth-order valence-electron chi connectivity index (χ4n) is 2.48. The van der Waals surface area contributed by atoms with Gasteiger partial charge in [-0.25, -0.2) is 4.68 Å². The monoisotopic (exact) mass is 286 g/mol. The lowest BCUT2D eigenvalue weighted by Gasteiger charge is -2.14. The van der Waals surface area contributed by atoms with Crippen LogP contribution in [-0.2, 0) is 0 Å². The number of amides is 1. The number of aromatic nitrogens is 4. The highest BCUT2D eigenvalue weighted by molar-refractivity contribution is 5.94. The summed E-state index contributed by atoms with van der Waals surface area (Å²) in [6, 6.07) is 7.21. The molecule has 0 unspecified atom stereocenters. The number of likely N-dealkylation sites (tertiary alicyclic amines) is 1. The molecule has 1 fully saturated rings. The Morgan fingerprint density at radius 1 is 1.19 bits per heavy atom.